The average Bonchev–Trinajstić information content (AvgIpc) is 3.38. The lowest BCUT2D eigenvalue weighted by Crippen LogP contribution is -2.39. The first-order valence-corrected chi connectivity index (χ1v) is 16.7. The maximum atomic E-state index is 13.8. The number of unbranched alkanes of at least 4 members (excludes halogenated alkanes) is 2. The Morgan fingerprint density at radius 2 is 1.65 bits per heavy atom. The van der Waals surface area contributed by atoms with Gasteiger partial charge >= 0.3 is 0 Å². The van der Waals surface area contributed by atoms with Crippen LogP contribution in [-0.2, 0) is 14.8 Å². The summed E-state index contributed by atoms with van der Waals surface area (Å²) in [4.78, 5) is 23.0. The molecule has 2 heterocycles. The monoisotopic (exact) mass is 586 g/mol. The number of benzene rings is 2. The Morgan fingerprint density at radius 3 is 2.30 bits per heavy atom. The maximum Gasteiger partial charge on any atom is 0.260 e. The molecule has 218 valence electrons. The van der Waals surface area contributed by atoms with Gasteiger partial charge in [0.1, 0.15) is 0 Å². The van der Waals surface area contributed by atoms with E-state index >= 15 is 0 Å². The van der Waals surface area contributed by atoms with E-state index in [0.717, 1.165) is 80.7 Å². The topological polar surface area (TPSA) is 83.1 Å². The third kappa shape index (κ3) is 7.67. The SMILES string of the molecule is CCCCN(CCCC)S(=O)(=O)c1ccc(C(=O)N(CCCN2CCOCC2)c2nc3ccc(C)cc3s2)cc1. The minimum atomic E-state index is -3.63. The van der Waals surface area contributed by atoms with E-state index in [1.165, 1.54) is 11.3 Å². The van der Waals surface area contributed by atoms with Gasteiger partial charge in [0.15, 0.2) is 5.13 Å². The highest BCUT2D eigenvalue weighted by atomic mass is 32.2. The van der Waals surface area contributed by atoms with Gasteiger partial charge in [-0.2, -0.15) is 4.31 Å². The number of hydrogen-bond acceptors (Lipinski definition) is 7. The number of thiazole rings is 1. The van der Waals surface area contributed by atoms with E-state index in [-0.39, 0.29) is 10.8 Å². The molecule has 8 nitrogen and oxygen atoms in total. The summed E-state index contributed by atoms with van der Waals surface area (Å²) in [6.07, 6.45) is 4.30. The number of sulfonamides is 1. The minimum absolute atomic E-state index is 0.171. The van der Waals surface area contributed by atoms with Gasteiger partial charge in [-0.25, -0.2) is 13.4 Å². The molecule has 40 heavy (non-hydrogen) atoms. The number of hydrogen-bond donors (Lipinski definition) is 0. The molecule has 4 rings (SSSR count). The highest BCUT2D eigenvalue weighted by Crippen LogP contribution is 2.31. The molecule has 0 atom stereocenters. The first-order valence-electron chi connectivity index (χ1n) is 14.4. The number of rotatable bonds is 14. The van der Waals surface area contributed by atoms with E-state index in [9.17, 15) is 13.2 Å². The molecule has 1 aliphatic rings. The lowest BCUT2D eigenvalue weighted by atomic mass is 10.2. The van der Waals surface area contributed by atoms with Crippen molar-refractivity contribution in [2.75, 3.05) is 57.4 Å². The van der Waals surface area contributed by atoms with Crippen LogP contribution in [0.4, 0.5) is 5.13 Å². The van der Waals surface area contributed by atoms with Crippen molar-refractivity contribution in [2.45, 2.75) is 57.8 Å². The number of aromatic nitrogens is 1. The molecule has 3 aromatic rings. The summed E-state index contributed by atoms with van der Waals surface area (Å²) in [6, 6.07) is 12.5. The van der Waals surface area contributed by atoms with Crippen LogP contribution in [0, 0.1) is 6.92 Å². The summed E-state index contributed by atoms with van der Waals surface area (Å²) < 4.78 is 34.9. The number of morpholine rings is 1. The third-order valence-electron chi connectivity index (χ3n) is 7.23. The second-order valence-corrected chi connectivity index (χ2v) is 13.3. The van der Waals surface area contributed by atoms with Crippen molar-refractivity contribution in [2.24, 2.45) is 0 Å². The molecular weight excluding hydrogens is 544 g/mol. The normalized spacial score (nSPS) is 14.7. The van der Waals surface area contributed by atoms with Gasteiger partial charge in [-0.3, -0.25) is 14.6 Å². The van der Waals surface area contributed by atoms with Crippen molar-refractivity contribution in [1.82, 2.24) is 14.2 Å². The number of aryl methyl sites for hydroxylation is 1. The zero-order valence-corrected chi connectivity index (χ0v) is 25.6. The lowest BCUT2D eigenvalue weighted by molar-refractivity contribution is 0.0376. The Balaban J connectivity index is 1.56. The van der Waals surface area contributed by atoms with Gasteiger partial charge in [0.05, 0.1) is 28.3 Å². The van der Waals surface area contributed by atoms with Gasteiger partial charge in [-0.05, 0) is 68.1 Å². The highest BCUT2D eigenvalue weighted by molar-refractivity contribution is 7.89. The smallest absolute Gasteiger partial charge is 0.260 e. The minimum Gasteiger partial charge on any atom is -0.379 e. The van der Waals surface area contributed by atoms with E-state index in [4.69, 9.17) is 9.72 Å². The van der Waals surface area contributed by atoms with E-state index in [2.05, 4.69) is 24.8 Å². The van der Waals surface area contributed by atoms with E-state index in [0.29, 0.717) is 30.3 Å². The van der Waals surface area contributed by atoms with Crippen LogP contribution in [0.25, 0.3) is 10.2 Å². The fourth-order valence-corrected chi connectivity index (χ4v) is 7.40. The van der Waals surface area contributed by atoms with Gasteiger partial charge < -0.3 is 4.74 Å². The van der Waals surface area contributed by atoms with Gasteiger partial charge in [0.2, 0.25) is 10.0 Å². The van der Waals surface area contributed by atoms with E-state index in [1.807, 2.05) is 19.1 Å². The molecule has 1 aliphatic heterocycles. The molecule has 1 saturated heterocycles. The van der Waals surface area contributed by atoms with Crippen molar-refractivity contribution >= 4 is 42.6 Å². The van der Waals surface area contributed by atoms with Crippen molar-refractivity contribution in [3.63, 3.8) is 0 Å². The first-order chi connectivity index (χ1) is 19.3. The van der Waals surface area contributed by atoms with E-state index in [1.54, 1.807) is 33.5 Å². The fourth-order valence-electron chi connectivity index (χ4n) is 4.79. The van der Waals surface area contributed by atoms with E-state index < -0.39 is 10.0 Å². The molecule has 1 fully saturated rings. The number of carbonyl (C=O) groups is 1. The summed E-state index contributed by atoms with van der Waals surface area (Å²) in [5.41, 5.74) is 2.48. The van der Waals surface area contributed by atoms with Gasteiger partial charge in [0.25, 0.3) is 5.91 Å². The predicted octanol–water partition coefficient (Wildman–Crippen LogP) is 5.56. The van der Waals surface area contributed by atoms with Crippen LogP contribution in [0.3, 0.4) is 0 Å². The number of nitrogens with zero attached hydrogens (tertiary/aromatic N) is 4. The molecule has 0 spiro atoms. The van der Waals surface area contributed by atoms with Crippen molar-refractivity contribution in [1.29, 1.82) is 0 Å². The summed E-state index contributed by atoms with van der Waals surface area (Å²) in [6.45, 7) is 11.9. The van der Waals surface area contributed by atoms with Gasteiger partial charge in [-0.1, -0.05) is 44.1 Å². The van der Waals surface area contributed by atoms with Crippen LogP contribution in [0.15, 0.2) is 47.4 Å². The summed E-state index contributed by atoms with van der Waals surface area (Å²) in [5.74, 6) is -0.171. The van der Waals surface area contributed by atoms with Gasteiger partial charge in [-0.15, -0.1) is 0 Å². The first kappa shape index (κ1) is 30.6. The van der Waals surface area contributed by atoms with Crippen molar-refractivity contribution < 1.29 is 17.9 Å². The highest BCUT2D eigenvalue weighted by Gasteiger charge is 2.26. The van der Waals surface area contributed by atoms with Crippen molar-refractivity contribution in [3.05, 3.63) is 53.6 Å². The second kappa shape index (κ2) is 14.5. The molecule has 0 unspecified atom stereocenters. The van der Waals surface area contributed by atoms with Crippen LogP contribution in [0.5, 0.6) is 0 Å². The Labute approximate surface area is 243 Å². The third-order valence-corrected chi connectivity index (χ3v) is 10.2. The zero-order chi connectivity index (χ0) is 28.5. The standard InChI is InChI=1S/C30H42N4O4S2/c1-4-6-16-33(17-7-5-2)40(36,37)26-12-10-25(11-13-26)29(35)34(18-8-15-32-19-21-38-22-20-32)30-31-27-14-9-24(3)23-28(27)39-30/h9-14,23H,4-8,15-22H2,1-3H3. The molecule has 0 saturated carbocycles. The molecule has 1 aromatic heterocycles. The molecule has 1 amide bonds. The van der Waals surface area contributed by atoms with Crippen LogP contribution >= 0.6 is 11.3 Å². The number of fused-ring (bicyclic) bond motifs is 1. The number of carbonyl (C=O) groups excluding carboxylic acids is 1. The van der Waals surface area contributed by atoms with Crippen LogP contribution in [0.1, 0.15) is 61.9 Å². The number of ether oxygens (including phenoxy) is 1. The summed E-state index contributed by atoms with van der Waals surface area (Å²) in [5, 5.41) is 0.662. The largest absolute Gasteiger partial charge is 0.379 e. The zero-order valence-electron chi connectivity index (χ0n) is 24.0. The Kier molecular flexibility index (Phi) is 11.1. The molecule has 0 radical (unpaired) electrons. The maximum absolute atomic E-state index is 13.8. The van der Waals surface area contributed by atoms with Crippen LogP contribution in [-0.4, -0.2) is 81.0 Å². The summed E-state index contributed by atoms with van der Waals surface area (Å²) >= 11 is 1.51. The van der Waals surface area contributed by atoms with Gasteiger partial charge in [0, 0.05) is 44.8 Å². The second-order valence-electron chi connectivity index (χ2n) is 10.4. The van der Waals surface area contributed by atoms with Crippen LogP contribution in [0.2, 0.25) is 0 Å². The lowest BCUT2D eigenvalue weighted by Gasteiger charge is -2.27. The quantitative estimate of drug-likeness (QED) is 0.246. The predicted molar refractivity (Wildman–Crippen MR) is 163 cm³/mol. The van der Waals surface area contributed by atoms with Crippen molar-refractivity contribution in [3.8, 4) is 0 Å². The average molecular weight is 587 g/mol. The van der Waals surface area contributed by atoms with Crippen LogP contribution < -0.4 is 4.90 Å². The molecular formula is C30H42N4O4S2. The Morgan fingerprint density at radius 1 is 0.975 bits per heavy atom. The molecule has 0 bridgehead atoms. The molecule has 0 aliphatic carbocycles. The molecule has 2 aromatic carbocycles. The number of amides is 1. The fraction of sp³-hybridized carbons (Fsp3) is 0.533. The molecule has 10 heteroatoms. The Bertz CT molecular complexity index is 1340. The summed E-state index contributed by atoms with van der Waals surface area (Å²) in [7, 11) is -3.63. The Hall–Kier alpha value is -2.37. The number of anilines is 1. The molecule has 0 N–H and O–H groups in total.